The molecule has 0 aromatic rings. The summed E-state index contributed by atoms with van der Waals surface area (Å²) in [6.45, 7) is 6.54. The largest absolute Gasteiger partial charge is 0.462 e. The van der Waals surface area contributed by atoms with E-state index in [2.05, 4.69) is 57.2 Å². The van der Waals surface area contributed by atoms with Gasteiger partial charge in [-0.25, -0.2) is 0 Å². The van der Waals surface area contributed by atoms with Crippen molar-refractivity contribution in [2.75, 3.05) is 13.2 Å². The van der Waals surface area contributed by atoms with Crippen LogP contribution in [0.2, 0.25) is 0 Å². The second-order valence-electron chi connectivity index (χ2n) is 15.7. The second kappa shape index (κ2) is 44.3. The quantitative estimate of drug-likeness (QED) is 0.0266. The number of hydrogen-bond donors (Lipinski definition) is 0. The fourth-order valence-corrected chi connectivity index (χ4v) is 6.51. The number of carbonyl (C=O) groups excluding carboxylic acids is 3. The summed E-state index contributed by atoms with van der Waals surface area (Å²) in [5.74, 6) is -0.894. The van der Waals surface area contributed by atoms with Crippen LogP contribution in [-0.4, -0.2) is 37.2 Å². The highest BCUT2D eigenvalue weighted by molar-refractivity contribution is 5.71. The van der Waals surface area contributed by atoms with Gasteiger partial charge in [0.15, 0.2) is 6.10 Å². The van der Waals surface area contributed by atoms with Crippen LogP contribution in [0.5, 0.6) is 0 Å². The average molecular weight is 773 g/mol. The first-order valence-electron chi connectivity index (χ1n) is 23.5. The molecule has 0 spiro atoms. The first-order chi connectivity index (χ1) is 27.0. The van der Waals surface area contributed by atoms with Crippen molar-refractivity contribution < 1.29 is 28.6 Å². The Morgan fingerprint density at radius 1 is 0.364 bits per heavy atom. The van der Waals surface area contributed by atoms with Crippen LogP contribution in [0.15, 0.2) is 36.5 Å². The first kappa shape index (κ1) is 52.6. The molecule has 55 heavy (non-hydrogen) atoms. The monoisotopic (exact) mass is 773 g/mol. The summed E-state index contributed by atoms with van der Waals surface area (Å²) in [5.41, 5.74) is 0. The van der Waals surface area contributed by atoms with E-state index >= 15 is 0 Å². The predicted molar refractivity (Wildman–Crippen MR) is 233 cm³/mol. The standard InChI is InChI=1S/C49H88O6/c1-4-7-10-13-16-19-21-22-23-24-25-26-28-30-33-36-39-42-48(51)54-45-46(44-53-47(50)41-38-35-32-29-18-15-12-9-6-3)55-49(52)43-40-37-34-31-27-20-17-14-11-8-5-2/h14,16-17,19,22-23,46H,4-13,15,18,20-21,24-45H2,1-3H3/b17-14-,19-16-,23-22-/t46-/m1/s1. The van der Waals surface area contributed by atoms with Crippen LogP contribution >= 0.6 is 0 Å². The van der Waals surface area contributed by atoms with Crippen LogP contribution in [-0.2, 0) is 28.6 Å². The number of hydrogen-bond acceptors (Lipinski definition) is 6. The van der Waals surface area contributed by atoms with Crippen LogP contribution in [0.25, 0.3) is 0 Å². The third-order valence-electron chi connectivity index (χ3n) is 10.1. The lowest BCUT2D eigenvalue weighted by Crippen LogP contribution is -2.30. The van der Waals surface area contributed by atoms with Crippen molar-refractivity contribution in [2.45, 2.75) is 245 Å². The summed E-state index contributed by atoms with van der Waals surface area (Å²) in [7, 11) is 0. The maximum absolute atomic E-state index is 12.7. The Morgan fingerprint density at radius 2 is 0.673 bits per heavy atom. The predicted octanol–water partition coefficient (Wildman–Crippen LogP) is 15.0. The molecule has 0 unspecified atom stereocenters. The highest BCUT2D eigenvalue weighted by atomic mass is 16.6. The molecule has 0 fully saturated rings. The first-order valence-corrected chi connectivity index (χ1v) is 23.5. The van der Waals surface area contributed by atoms with E-state index in [9.17, 15) is 14.4 Å². The Labute approximate surface area is 340 Å². The SMILES string of the molecule is CCCC/C=C\CCCCCCCC(=O)O[C@@H](COC(=O)CCCCCCCCC/C=C\C/C=C\CCCCC)COC(=O)CCCCCCCCCCC. The number of allylic oxidation sites excluding steroid dienone is 6. The zero-order valence-electron chi connectivity index (χ0n) is 36.4. The molecule has 6 heteroatoms. The normalized spacial score (nSPS) is 12.3. The van der Waals surface area contributed by atoms with Crippen molar-refractivity contribution in [3.63, 3.8) is 0 Å². The molecule has 0 aliphatic heterocycles. The fourth-order valence-electron chi connectivity index (χ4n) is 6.51. The van der Waals surface area contributed by atoms with E-state index in [1.54, 1.807) is 0 Å². The van der Waals surface area contributed by atoms with Crippen LogP contribution in [0, 0.1) is 0 Å². The van der Waals surface area contributed by atoms with Crippen molar-refractivity contribution >= 4 is 17.9 Å². The number of carbonyl (C=O) groups is 3. The molecular weight excluding hydrogens is 685 g/mol. The fraction of sp³-hybridized carbons (Fsp3) is 0.816. The molecular formula is C49H88O6. The molecule has 320 valence electrons. The van der Waals surface area contributed by atoms with Gasteiger partial charge in [-0.1, -0.05) is 186 Å². The van der Waals surface area contributed by atoms with Gasteiger partial charge in [-0.3, -0.25) is 14.4 Å². The van der Waals surface area contributed by atoms with E-state index < -0.39 is 6.10 Å². The minimum Gasteiger partial charge on any atom is -0.462 e. The molecule has 0 amide bonds. The van der Waals surface area contributed by atoms with Crippen LogP contribution in [0.3, 0.4) is 0 Å². The Hall–Kier alpha value is -2.37. The Balaban J connectivity index is 4.32. The molecule has 0 rings (SSSR count). The third kappa shape index (κ3) is 42.6. The third-order valence-corrected chi connectivity index (χ3v) is 10.1. The number of rotatable bonds is 42. The van der Waals surface area contributed by atoms with Gasteiger partial charge in [0.1, 0.15) is 13.2 Å². The maximum Gasteiger partial charge on any atom is 0.306 e. The van der Waals surface area contributed by atoms with Crippen molar-refractivity contribution in [3.05, 3.63) is 36.5 Å². The van der Waals surface area contributed by atoms with Crippen LogP contribution in [0.1, 0.15) is 239 Å². The maximum atomic E-state index is 12.7. The molecule has 1 atom stereocenters. The molecule has 0 bridgehead atoms. The Morgan fingerprint density at radius 3 is 1.11 bits per heavy atom. The Bertz CT molecular complexity index is 938. The molecule has 0 aromatic carbocycles. The number of unbranched alkanes of at least 4 members (excludes halogenated alkanes) is 25. The zero-order valence-corrected chi connectivity index (χ0v) is 36.4. The topological polar surface area (TPSA) is 78.9 Å². The molecule has 0 N–H and O–H groups in total. The molecule has 0 saturated heterocycles. The molecule has 0 heterocycles. The molecule has 0 aliphatic rings. The number of ether oxygens (including phenoxy) is 3. The summed E-state index contributed by atoms with van der Waals surface area (Å²) in [6.07, 6.45) is 49.8. The minimum absolute atomic E-state index is 0.0764. The van der Waals surface area contributed by atoms with Gasteiger partial charge in [0.2, 0.25) is 0 Å². The van der Waals surface area contributed by atoms with Gasteiger partial charge in [0.25, 0.3) is 0 Å². The summed E-state index contributed by atoms with van der Waals surface area (Å²) < 4.78 is 16.7. The summed E-state index contributed by atoms with van der Waals surface area (Å²) >= 11 is 0. The van der Waals surface area contributed by atoms with Gasteiger partial charge in [-0.15, -0.1) is 0 Å². The van der Waals surface area contributed by atoms with E-state index in [0.717, 1.165) is 83.5 Å². The molecule has 6 nitrogen and oxygen atoms in total. The number of esters is 3. The summed E-state index contributed by atoms with van der Waals surface area (Å²) in [5, 5.41) is 0. The lowest BCUT2D eigenvalue weighted by atomic mass is 10.1. The van der Waals surface area contributed by atoms with Gasteiger partial charge >= 0.3 is 17.9 Å². The molecule has 0 saturated carbocycles. The Kier molecular flexibility index (Phi) is 42.4. The highest BCUT2D eigenvalue weighted by Crippen LogP contribution is 2.14. The van der Waals surface area contributed by atoms with Crippen molar-refractivity contribution in [1.82, 2.24) is 0 Å². The lowest BCUT2D eigenvalue weighted by molar-refractivity contribution is -0.167. The van der Waals surface area contributed by atoms with E-state index in [-0.39, 0.29) is 31.1 Å². The minimum atomic E-state index is -0.773. The lowest BCUT2D eigenvalue weighted by Gasteiger charge is -2.18. The molecule has 0 radical (unpaired) electrons. The smallest absolute Gasteiger partial charge is 0.306 e. The van der Waals surface area contributed by atoms with Gasteiger partial charge in [0.05, 0.1) is 0 Å². The van der Waals surface area contributed by atoms with E-state index in [1.165, 1.54) is 116 Å². The molecule has 0 aromatic heterocycles. The van der Waals surface area contributed by atoms with E-state index in [1.807, 2.05) is 0 Å². The summed E-state index contributed by atoms with van der Waals surface area (Å²) in [4.78, 5) is 37.7. The van der Waals surface area contributed by atoms with Gasteiger partial charge < -0.3 is 14.2 Å². The van der Waals surface area contributed by atoms with Gasteiger partial charge in [0, 0.05) is 19.3 Å². The van der Waals surface area contributed by atoms with E-state index in [0.29, 0.717) is 19.3 Å². The second-order valence-corrected chi connectivity index (χ2v) is 15.7. The van der Waals surface area contributed by atoms with Crippen LogP contribution < -0.4 is 0 Å². The van der Waals surface area contributed by atoms with Crippen molar-refractivity contribution in [3.8, 4) is 0 Å². The van der Waals surface area contributed by atoms with Crippen molar-refractivity contribution in [1.29, 1.82) is 0 Å². The van der Waals surface area contributed by atoms with E-state index in [4.69, 9.17) is 14.2 Å². The average Bonchev–Trinajstić information content (AvgIpc) is 3.18. The van der Waals surface area contributed by atoms with Crippen LogP contribution in [0.4, 0.5) is 0 Å². The highest BCUT2D eigenvalue weighted by Gasteiger charge is 2.19. The molecule has 0 aliphatic carbocycles. The van der Waals surface area contributed by atoms with Gasteiger partial charge in [-0.2, -0.15) is 0 Å². The van der Waals surface area contributed by atoms with Gasteiger partial charge in [-0.05, 0) is 70.6 Å². The van der Waals surface area contributed by atoms with Crippen molar-refractivity contribution in [2.24, 2.45) is 0 Å². The zero-order chi connectivity index (χ0) is 40.1. The summed E-state index contributed by atoms with van der Waals surface area (Å²) in [6, 6.07) is 0.